The molecule has 0 spiro atoms. The van der Waals surface area contributed by atoms with Crippen LogP contribution < -0.4 is 5.32 Å². The molecule has 5 heteroatoms. The van der Waals surface area contributed by atoms with Gasteiger partial charge in [0.1, 0.15) is 0 Å². The third kappa shape index (κ3) is 4.89. The minimum atomic E-state index is -0.126. The third-order valence-electron chi connectivity index (χ3n) is 2.94. The maximum absolute atomic E-state index is 12.2. The van der Waals surface area contributed by atoms with Gasteiger partial charge < -0.3 is 4.90 Å². The van der Waals surface area contributed by atoms with Crippen molar-refractivity contribution in [2.45, 2.75) is 39.3 Å². The van der Waals surface area contributed by atoms with Gasteiger partial charge in [-0.1, -0.05) is 13.8 Å². The summed E-state index contributed by atoms with van der Waals surface area (Å²) in [7, 11) is 3.62. The van der Waals surface area contributed by atoms with Crippen LogP contribution in [-0.2, 0) is 4.79 Å². The SMILES string of the molecule is CC(C)CC(NC(C)c1sccc1Br)C(=O)N(C)C. The summed E-state index contributed by atoms with van der Waals surface area (Å²) in [5, 5.41) is 5.52. The minimum Gasteiger partial charge on any atom is -0.347 e. The van der Waals surface area contributed by atoms with E-state index < -0.39 is 0 Å². The Morgan fingerprint density at radius 2 is 2.05 bits per heavy atom. The summed E-state index contributed by atoms with van der Waals surface area (Å²) in [6, 6.07) is 2.09. The Morgan fingerprint density at radius 3 is 2.47 bits per heavy atom. The first-order valence-corrected chi connectivity index (χ1v) is 8.20. The average Bonchev–Trinajstić information content (AvgIpc) is 2.72. The lowest BCUT2D eigenvalue weighted by atomic mass is 10.0. The molecule has 2 atom stereocenters. The van der Waals surface area contributed by atoms with E-state index in [1.165, 1.54) is 4.88 Å². The fourth-order valence-electron chi connectivity index (χ4n) is 2.02. The van der Waals surface area contributed by atoms with Gasteiger partial charge in [0.05, 0.1) is 6.04 Å². The van der Waals surface area contributed by atoms with Crippen LogP contribution in [0.4, 0.5) is 0 Å². The van der Waals surface area contributed by atoms with Crippen LogP contribution in [0, 0.1) is 5.92 Å². The Hall–Kier alpha value is -0.390. The van der Waals surface area contributed by atoms with Gasteiger partial charge in [-0.25, -0.2) is 0 Å². The van der Waals surface area contributed by atoms with E-state index >= 15 is 0 Å². The summed E-state index contributed by atoms with van der Waals surface area (Å²) < 4.78 is 1.11. The van der Waals surface area contributed by atoms with Crippen LogP contribution >= 0.6 is 27.3 Å². The van der Waals surface area contributed by atoms with Crippen LogP contribution in [0.15, 0.2) is 15.9 Å². The minimum absolute atomic E-state index is 0.126. The number of likely N-dealkylation sites (N-methyl/N-ethyl adjacent to an activating group) is 1. The summed E-state index contributed by atoms with van der Waals surface area (Å²) >= 11 is 5.25. The summed E-state index contributed by atoms with van der Waals surface area (Å²) in [5.74, 6) is 0.633. The maximum Gasteiger partial charge on any atom is 0.239 e. The predicted octanol–water partition coefficient (Wildman–Crippen LogP) is 3.66. The molecular weight excluding hydrogens is 324 g/mol. The van der Waals surface area contributed by atoms with E-state index in [1.54, 1.807) is 16.2 Å². The van der Waals surface area contributed by atoms with Crippen LogP contribution in [0.3, 0.4) is 0 Å². The zero-order valence-electron chi connectivity index (χ0n) is 12.2. The third-order valence-corrected chi connectivity index (χ3v) is 4.99. The number of amides is 1. The summed E-state index contributed by atoms with van der Waals surface area (Å²) in [6.45, 7) is 6.39. The van der Waals surface area contributed by atoms with E-state index in [9.17, 15) is 4.79 Å². The molecule has 0 aliphatic carbocycles. The van der Waals surface area contributed by atoms with E-state index in [-0.39, 0.29) is 18.0 Å². The van der Waals surface area contributed by atoms with Crippen molar-refractivity contribution in [3.63, 3.8) is 0 Å². The van der Waals surface area contributed by atoms with Crippen molar-refractivity contribution in [2.75, 3.05) is 14.1 Å². The van der Waals surface area contributed by atoms with Crippen LogP contribution in [0.1, 0.15) is 38.1 Å². The number of rotatable bonds is 6. The van der Waals surface area contributed by atoms with Crippen LogP contribution in [0.2, 0.25) is 0 Å². The van der Waals surface area contributed by atoms with Crippen molar-refractivity contribution >= 4 is 33.2 Å². The number of nitrogens with one attached hydrogen (secondary N) is 1. The zero-order chi connectivity index (χ0) is 14.6. The van der Waals surface area contributed by atoms with E-state index in [4.69, 9.17) is 0 Å². The first kappa shape index (κ1) is 16.7. The average molecular weight is 347 g/mol. The Balaban J connectivity index is 2.77. The van der Waals surface area contributed by atoms with Gasteiger partial charge in [-0.05, 0) is 46.6 Å². The van der Waals surface area contributed by atoms with Gasteiger partial charge in [0, 0.05) is 29.5 Å². The first-order chi connectivity index (χ1) is 8.82. The molecule has 3 nitrogen and oxygen atoms in total. The highest BCUT2D eigenvalue weighted by Crippen LogP contribution is 2.29. The highest BCUT2D eigenvalue weighted by atomic mass is 79.9. The van der Waals surface area contributed by atoms with Crippen LogP contribution in [0.25, 0.3) is 0 Å². The van der Waals surface area contributed by atoms with Crippen LogP contribution in [0.5, 0.6) is 0 Å². The molecule has 1 aromatic heterocycles. The normalized spacial score (nSPS) is 14.5. The lowest BCUT2D eigenvalue weighted by Gasteiger charge is -2.26. The monoisotopic (exact) mass is 346 g/mol. The fraction of sp³-hybridized carbons (Fsp3) is 0.643. The highest BCUT2D eigenvalue weighted by Gasteiger charge is 2.24. The molecule has 1 amide bonds. The molecule has 1 aromatic rings. The zero-order valence-corrected chi connectivity index (χ0v) is 14.6. The lowest BCUT2D eigenvalue weighted by molar-refractivity contribution is -0.131. The van der Waals surface area contributed by atoms with Gasteiger partial charge in [-0.15, -0.1) is 11.3 Å². The molecule has 0 fully saturated rings. The molecule has 0 saturated carbocycles. The number of hydrogen-bond acceptors (Lipinski definition) is 3. The molecule has 1 rings (SSSR count). The Bertz CT molecular complexity index is 417. The standard InChI is InChI=1S/C14H23BrN2OS/c1-9(2)8-12(14(18)17(4)5)16-10(3)13-11(15)6-7-19-13/h6-7,9-10,12,16H,8H2,1-5H3. The largest absolute Gasteiger partial charge is 0.347 e. The Morgan fingerprint density at radius 1 is 1.42 bits per heavy atom. The summed E-state index contributed by atoms with van der Waals surface area (Å²) in [4.78, 5) is 15.1. The fourth-order valence-corrected chi connectivity index (χ4v) is 3.75. The number of halogens is 1. The second-order valence-corrected chi connectivity index (χ2v) is 7.24. The first-order valence-electron chi connectivity index (χ1n) is 6.53. The van der Waals surface area contributed by atoms with Crippen molar-refractivity contribution in [1.82, 2.24) is 10.2 Å². The molecule has 0 radical (unpaired) electrons. The van der Waals surface area contributed by atoms with Crippen molar-refractivity contribution in [2.24, 2.45) is 5.92 Å². The lowest BCUT2D eigenvalue weighted by Crippen LogP contribution is -2.45. The number of carbonyl (C=O) groups excluding carboxylic acids is 1. The predicted molar refractivity (Wildman–Crippen MR) is 85.5 cm³/mol. The molecule has 0 aliphatic rings. The number of carbonyl (C=O) groups is 1. The van der Waals surface area contributed by atoms with E-state index in [2.05, 4.69) is 47.4 Å². The van der Waals surface area contributed by atoms with Crippen molar-refractivity contribution in [3.05, 3.63) is 20.8 Å². The van der Waals surface area contributed by atoms with Gasteiger partial charge >= 0.3 is 0 Å². The Kier molecular flexibility index (Phi) is 6.50. The van der Waals surface area contributed by atoms with E-state index in [1.807, 2.05) is 20.2 Å². The second-order valence-electron chi connectivity index (χ2n) is 5.44. The molecule has 19 heavy (non-hydrogen) atoms. The number of hydrogen-bond donors (Lipinski definition) is 1. The molecule has 0 saturated heterocycles. The molecule has 2 unspecified atom stereocenters. The van der Waals surface area contributed by atoms with Crippen molar-refractivity contribution < 1.29 is 4.79 Å². The molecule has 1 heterocycles. The number of nitrogens with zero attached hydrogens (tertiary/aromatic N) is 1. The number of thiophene rings is 1. The summed E-state index contributed by atoms with van der Waals surface area (Å²) in [5.41, 5.74) is 0. The quantitative estimate of drug-likeness (QED) is 0.852. The van der Waals surface area contributed by atoms with E-state index in [0.717, 1.165) is 10.9 Å². The van der Waals surface area contributed by atoms with Gasteiger partial charge in [0.2, 0.25) is 5.91 Å². The molecule has 1 N–H and O–H groups in total. The van der Waals surface area contributed by atoms with Gasteiger partial charge in [-0.3, -0.25) is 10.1 Å². The van der Waals surface area contributed by atoms with E-state index in [0.29, 0.717) is 5.92 Å². The maximum atomic E-state index is 12.2. The summed E-state index contributed by atoms with van der Waals surface area (Å²) in [6.07, 6.45) is 0.852. The van der Waals surface area contributed by atoms with Gasteiger partial charge in [0.25, 0.3) is 0 Å². The molecule has 0 aromatic carbocycles. The van der Waals surface area contributed by atoms with Gasteiger partial charge in [0.15, 0.2) is 0 Å². The topological polar surface area (TPSA) is 32.3 Å². The van der Waals surface area contributed by atoms with Crippen LogP contribution in [-0.4, -0.2) is 30.9 Å². The molecule has 108 valence electrons. The van der Waals surface area contributed by atoms with Gasteiger partial charge in [-0.2, -0.15) is 0 Å². The Labute approximate surface area is 128 Å². The highest BCUT2D eigenvalue weighted by molar-refractivity contribution is 9.10. The van der Waals surface area contributed by atoms with Crippen molar-refractivity contribution in [1.29, 1.82) is 0 Å². The molecule has 0 aliphatic heterocycles. The molecule has 0 bridgehead atoms. The van der Waals surface area contributed by atoms with Crippen molar-refractivity contribution in [3.8, 4) is 0 Å². The molecular formula is C14H23BrN2OS. The second kappa shape index (κ2) is 7.41. The smallest absolute Gasteiger partial charge is 0.239 e.